The molecule has 2 amide bonds. The molecule has 0 aromatic carbocycles. The van der Waals surface area contributed by atoms with Gasteiger partial charge in [-0.1, -0.05) is 0 Å². The molecule has 1 aliphatic rings. The Morgan fingerprint density at radius 2 is 2.27 bits per heavy atom. The van der Waals surface area contributed by atoms with Crippen molar-refractivity contribution in [2.75, 3.05) is 0 Å². The van der Waals surface area contributed by atoms with E-state index in [0.717, 1.165) is 5.56 Å². The van der Waals surface area contributed by atoms with E-state index in [1.165, 1.54) is 0 Å². The number of primary amides is 1. The fraction of sp³-hybridized carbons (Fsp3) is 0.400. The van der Waals surface area contributed by atoms with Crippen LogP contribution in [0.5, 0.6) is 0 Å². The molecular weight excluding hydrogens is 212 g/mol. The number of rotatable bonds is 4. The van der Waals surface area contributed by atoms with Gasteiger partial charge in [0.1, 0.15) is 5.54 Å². The van der Waals surface area contributed by atoms with E-state index in [1.807, 2.05) is 16.8 Å². The second kappa shape index (κ2) is 3.66. The Morgan fingerprint density at radius 3 is 2.73 bits per heavy atom. The third-order valence-corrected chi connectivity index (χ3v) is 3.28. The molecule has 0 saturated heterocycles. The highest BCUT2D eigenvalue weighted by atomic mass is 32.1. The number of carbonyl (C=O) groups excluding carboxylic acids is 2. The van der Waals surface area contributed by atoms with E-state index in [0.29, 0.717) is 19.3 Å². The van der Waals surface area contributed by atoms with Crippen molar-refractivity contribution in [3.8, 4) is 0 Å². The Balaban J connectivity index is 1.91. The molecule has 0 bridgehead atoms. The largest absolute Gasteiger partial charge is 0.368 e. The van der Waals surface area contributed by atoms with Gasteiger partial charge in [-0.2, -0.15) is 11.3 Å². The lowest BCUT2D eigenvalue weighted by molar-refractivity contribution is -0.127. The second-order valence-corrected chi connectivity index (χ2v) is 4.58. The van der Waals surface area contributed by atoms with E-state index in [-0.39, 0.29) is 5.91 Å². The van der Waals surface area contributed by atoms with E-state index in [4.69, 9.17) is 5.73 Å². The Kier molecular flexibility index (Phi) is 2.48. The van der Waals surface area contributed by atoms with Crippen LogP contribution in [0, 0.1) is 0 Å². The standard InChI is InChI=1S/C10H12N2O2S/c11-9(14)10(2-3-10)12-8(13)5-7-1-4-15-6-7/h1,4,6H,2-3,5H2,(H2,11,14)(H,12,13). The van der Waals surface area contributed by atoms with Gasteiger partial charge in [-0.05, 0) is 35.2 Å². The van der Waals surface area contributed by atoms with Crippen LogP contribution in [-0.4, -0.2) is 17.4 Å². The molecule has 3 N–H and O–H groups in total. The minimum atomic E-state index is -0.743. The van der Waals surface area contributed by atoms with Gasteiger partial charge in [-0.15, -0.1) is 0 Å². The summed E-state index contributed by atoms with van der Waals surface area (Å²) in [4.78, 5) is 22.6. The molecular formula is C10H12N2O2S. The Hall–Kier alpha value is -1.36. The summed E-state index contributed by atoms with van der Waals surface area (Å²) in [7, 11) is 0. The van der Waals surface area contributed by atoms with Crippen molar-refractivity contribution in [2.24, 2.45) is 5.73 Å². The molecule has 0 spiro atoms. The maximum atomic E-state index is 11.6. The molecule has 5 heteroatoms. The average molecular weight is 224 g/mol. The monoisotopic (exact) mass is 224 g/mol. The second-order valence-electron chi connectivity index (χ2n) is 3.80. The summed E-state index contributed by atoms with van der Waals surface area (Å²) >= 11 is 1.55. The van der Waals surface area contributed by atoms with Crippen molar-refractivity contribution in [1.29, 1.82) is 0 Å². The van der Waals surface area contributed by atoms with Crippen LogP contribution in [0.25, 0.3) is 0 Å². The van der Waals surface area contributed by atoms with Gasteiger partial charge in [0, 0.05) is 0 Å². The third-order valence-electron chi connectivity index (χ3n) is 2.55. The van der Waals surface area contributed by atoms with Crippen LogP contribution >= 0.6 is 11.3 Å². The topological polar surface area (TPSA) is 72.2 Å². The van der Waals surface area contributed by atoms with Crippen LogP contribution < -0.4 is 11.1 Å². The maximum absolute atomic E-state index is 11.6. The lowest BCUT2D eigenvalue weighted by Gasteiger charge is -2.12. The number of hydrogen-bond donors (Lipinski definition) is 2. The maximum Gasteiger partial charge on any atom is 0.243 e. The van der Waals surface area contributed by atoms with Gasteiger partial charge in [0.05, 0.1) is 6.42 Å². The summed E-state index contributed by atoms with van der Waals surface area (Å²) in [5.74, 6) is -0.564. The van der Waals surface area contributed by atoms with Gasteiger partial charge >= 0.3 is 0 Å². The fourth-order valence-electron chi connectivity index (χ4n) is 1.45. The van der Waals surface area contributed by atoms with Crippen LogP contribution in [0.3, 0.4) is 0 Å². The first-order valence-corrected chi connectivity index (χ1v) is 5.69. The number of amides is 2. The molecule has 1 saturated carbocycles. The predicted octanol–water partition coefficient (Wildman–Crippen LogP) is 0.425. The summed E-state index contributed by atoms with van der Waals surface area (Å²) < 4.78 is 0. The van der Waals surface area contributed by atoms with Gasteiger partial charge in [0.15, 0.2) is 0 Å². The zero-order valence-corrected chi connectivity index (χ0v) is 8.97. The Labute approximate surface area is 91.5 Å². The zero-order chi connectivity index (χ0) is 10.9. The number of carbonyl (C=O) groups is 2. The highest BCUT2D eigenvalue weighted by Crippen LogP contribution is 2.34. The van der Waals surface area contributed by atoms with Gasteiger partial charge < -0.3 is 11.1 Å². The molecule has 0 unspecified atom stereocenters. The SMILES string of the molecule is NC(=O)C1(NC(=O)Cc2ccsc2)CC1. The molecule has 1 heterocycles. The summed E-state index contributed by atoms with van der Waals surface area (Å²) in [5.41, 5.74) is 5.43. The van der Waals surface area contributed by atoms with E-state index >= 15 is 0 Å². The van der Waals surface area contributed by atoms with Crippen molar-refractivity contribution < 1.29 is 9.59 Å². The number of nitrogens with one attached hydrogen (secondary N) is 1. The van der Waals surface area contributed by atoms with Crippen LogP contribution in [-0.2, 0) is 16.0 Å². The zero-order valence-electron chi connectivity index (χ0n) is 8.16. The van der Waals surface area contributed by atoms with Crippen LogP contribution in [0.15, 0.2) is 16.8 Å². The fourth-order valence-corrected chi connectivity index (χ4v) is 2.12. The molecule has 80 valence electrons. The molecule has 0 atom stereocenters. The normalized spacial score (nSPS) is 17.1. The van der Waals surface area contributed by atoms with Crippen molar-refractivity contribution in [2.45, 2.75) is 24.8 Å². The van der Waals surface area contributed by atoms with Gasteiger partial charge in [-0.25, -0.2) is 0 Å². The molecule has 0 aliphatic heterocycles. The number of thiophene rings is 1. The molecule has 1 aromatic heterocycles. The first-order valence-electron chi connectivity index (χ1n) is 4.74. The average Bonchev–Trinajstić information content (AvgIpc) is 2.75. The minimum absolute atomic E-state index is 0.135. The number of nitrogens with two attached hydrogens (primary N) is 1. The molecule has 2 rings (SSSR count). The van der Waals surface area contributed by atoms with Gasteiger partial charge in [0.25, 0.3) is 0 Å². The summed E-state index contributed by atoms with van der Waals surface area (Å²) in [6.45, 7) is 0. The van der Waals surface area contributed by atoms with Crippen molar-refractivity contribution >= 4 is 23.2 Å². The highest BCUT2D eigenvalue weighted by molar-refractivity contribution is 7.07. The van der Waals surface area contributed by atoms with Gasteiger partial charge in [0.2, 0.25) is 11.8 Å². The number of hydrogen-bond acceptors (Lipinski definition) is 3. The highest BCUT2D eigenvalue weighted by Gasteiger charge is 2.49. The van der Waals surface area contributed by atoms with E-state index in [9.17, 15) is 9.59 Å². The van der Waals surface area contributed by atoms with Gasteiger partial charge in [-0.3, -0.25) is 9.59 Å². The first-order chi connectivity index (χ1) is 7.12. The lowest BCUT2D eigenvalue weighted by atomic mass is 10.2. The molecule has 4 nitrogen and oxygen atoms in total. The predicted molar refractivity (Wildman–Crippen MR) is 57.3 cm³/mol. The van der Waals surface area contributed by atoms with Crippen molar-refractivity contribution in [3.63, 3.8) is 0 Å². The van der Waals surface area contributed by atoms with Crippen LogP contribution in [0.4, 0.5) is 0 Å². The van der Waals surface area contributed by atoms with Crippen LogP contribution in [0.2, 0.25) is 0 Å². The third kappa shape index (κ3) is 2.18. The lowest BCUT2D eigenvalue weighted by Crippen LogP contribution is -2.47. The van der Waals surface area contributed by atoms with Crippen molar-refractivity contribution in [1.82, 2.24) is 5.32 Å². The summed E-state index contributed by atoms with van der Waals surface area (Å²) in [6.07, 6.45) is 1.65. The quantitative estimate of drug-likeness (QED) is 0.778. The van der Waals surface area contributed by atoms with E-state index < -0.39 is 11.4 Å². The van der Waals surface area contributed by atoms with E-state index in [2.05, 4.69) is 5.32 Å². The molecule has 1 fully saturated rings. The summed E-state index contributed by atoms with van der Waals surface area (Å²) in [5, 5.41) is 6.54. The molecule has 15 heavy (non-hydrogen) atoms. The molecule has 1 aromatic rings. The van der Waals surface area contributed by atoms with E-state index in [1.54, 1.807) is 11.3 Å². The van der Waals surface area contributed by atoms with Crippen LogP contribution in [0.1, 0.15) is 18.4 Å². The smallest absolute Gasteiger partial charge is 0.243 e. The summed E-state index contributed by atoms with van der Waals surface area (Å²) in [6, 6.07) is 1.90. The Bertz CT molecular complexity index is 382. The van der Waals surface area contributed by atoms with Crippen molar-refractivity contribution in [3.05, 3.63) is 22.4 Å². The minimum Gasteiger partial charge on any atom is -0.368 e. The first kappa shape index (κ1) is 10.2. The molecule has 0 radical (unpaired) electrons. The molecule has 1 aliphatic carbocycles. The Morgan fingerprint density at radius 1 is 1.53 bits per heavy atom.